The second-order valence-corrected chi connectivity index (χ2v) is 6.63. The molecule has 0 bridgehead atoms. The van der Waals surface area contributed by atoms with Crippen LogP contribution < -0.4 is 5.46 Å². The van der Waals surface area contributed by atoms with Gasteiger partial charge in [0.05, 0.1) is 23.2 Å². The molecule has 21 heavy (non-hydrogen) atoms. The van der Waals surface area contributed by atoms with E-state index >= 15 is 0 Å². The fourth-order valence-corrected chi connectivity index (χ4v) is 2.35. The Balaban J connectivity index is 1.83. The fraction of sp³-hybridized carbons (Fsp3) is 0.438. The van der Waals surface area contributed by atoms with Crippen molar-refractivity contribution < 1.29 is 9.31 Å². The minimum Gasteiger partial charge on any atom is -0.399 e. The predicted octanol–water partition coefficient (Wildman–Crippen LogP) is 2.39. The lowest BCUT2D eigenvalue weighted by molar-refractivity contribution is 0.00578. The number of hydrogen-bond donors (Lipinski definition) is 0. The average molecular weight is 284 g/mol. The number of aromatic nitrogens is 2. The molecule has 0 saturated carbocycles. The van der Waals surface area contributed by atoms with Crippen molar-refractivity contribution in [2.45, 2.75) is 38.9 Å². The number of rotatable bonds is 2. The summed E-state index contributed by atoms with van der Waals surface area (Å²) in [5, 5.41) is 0. The Labute approximate surface area is 126 Å². The van der Waals surface area contributed by atoms with Crippen molar-refractivity contribution in [3.05, 3.63) is 36.8 Å². The molecule has 0 atom stereocenters. The summed E-state index contributed by atoms with van der Waals surface area (Å²) in [4.78, 5) is 4.36. The largest absolute Gasteiger partial charge is 0.494 e. The molecule has 1 aromatic carbocycles. The molecule has 0 spiro atoms. The highest BCUT2D eigenvalue weighted by molar-refractivity contribution is 6.62. The van der Waals surface area contributed by atoms with E-state index in [4.69, 9.17) is 9.31 Å². The van der Waals surface area contributed by atoms with E-state index in [1.54, 1.807) is 6.33 Å². The molecule has 3 rings (SSSR count). The fourth-order valence-electron chi connectivity index (χ4n) is 2.35. The molecular formula is C16H21BN2O2. The molecule has 4 nitrogen and oxygen atoms in total. The first-order chi connectivity index (χ1) is 9.78. The maximum Gasteiger partial charge on any atom is 0.494 e. The van der Waals surface area contributed by atoms with Crippen molar-refractivity contribution in [1.29, 1.82) is 0 Å². The molecule has 1 aliphatic rings. The first kappa shape index (κ1) is 14.4. The van der Waals surface area contributed by atoms with Crippen LogP contribution in [0, 0.1) is 0 Å². The van der Waals surface area contributed by atoms with Gasteiger partial charge >= 0.3 is 7.12 Å². The van der Waals surface area contributed by atoms with Crippen LogP contribution in [0.5, 0.6) is 0 Å². The topological polar surface area (TPSA) is 36.3 Å². The van der Waals surface area contributed by atoms with Gasteiger partial charge in [-0.15, -0.1) is 0 Å². The molecule has 0 aliphatic carbocycles. The number of hydrogen-bond acceptors (Lipinski definition) is 3. The highest BCUT2D eigenvalue weighted by atomic mass is 16.7. The molecule has 0 radical (unpaired) electrons. The van der Waals surface area contributed by atoms with E-state index in [1.165, 1.54) is 0 Å². The summed E-state index contributed by atoms with van der Waals surface area (Å²) in [6.45, 7) is 8.26. The predicted molar refractivity (Wildman–Crippen MR) is 84.4 cm³/mol. The second kappa shape index (κ2) is 4.72. The van der Waals surface area contributed by atoms with E-state index in [0.29, 0.717) is 0 Å². The first-order valence-electron chi connectivity index (χ1n) is 7.22. The molecule has 1 aliphatic heterocycles. The molecule has 0 N–H and O–H groups in total. The van der Waals surface area contributed by atoms with E-state index in [9.17, 15) is 0 Å². The van der Waals surface area contributed by atoms with Crippen molar-refractivity contribution in [2.75, 3.05) is 0 Å². The van der Waals surface area contributed by atoms with Gasteiger partial charge < -0.3 is 13.9 Å². The summed E-state index contributed by atoms with van der Waals surface area (Å²) in [6, 6.07) is 8.21. The van der Waals surface area contributed by atoms with Crippen LogP contribution in [0.15, 0.2) is 36.8 Å². The molecule has 1 saturated heterocycles. The summed E-state index contributed by atoms with van der Waals surface area (Å²) in [6.07, 6.45) is 3.81. The molecule has 110 valence electrons. The van der Waals surface area contributed by atoms with Gasteiger partial charge in [-0.2, -0.15) is 0 Å². The maximum atomic E-state index is 6.06. The molecule has 2 aromatic rings. The Morgan fingerprint density at radius 1 is 1.00 bits per heavy atom. The maximum absolute atomic E-state index is 6.06. The quantitative estimate of drug-likeness (QED) is 0.794. The number of benzene rings is 1. The summed E-state index contributed by atoms with van der Waals surface area (Å²) in [5.74, 6) is 0. The third-order valence-electron chi connectivity index (χ3n) is 4.44. The van der Waals surface area contributed by atoms with Crippen LogP contribution in [0.3, 0.4) is 0 Å². The molecule has 2 heterocycles. The molecular weight excluding hydrogens is 263 g/mol. The van der Waals surface area contributed by atoms with Gasteiger partial charge in [0, 0.05) is 18.8 Å². The smallest absolute Gasteiger partial charge is 0.399 e. The van der Waals surface area contributed by atoms with Gasteiger partial charge in [0.1, 0.15) is 0 Å². The lowest BCUT2D eigenvalue weighted by Crippen LogP contribution is -2.41. The van der Waals surface area contributed by atoms with Crippen molar-refractivity contribution in [3.8, 4) is 11.3 Å². The van der Waals surface area contributed by atoms with Crippen LogP contribution >= 0.6 is 0 Å². The Bertz CT molecular complexity index is 631. The van der Waals surface area contributed by atoms with Crippen LogP contribution in [0.1, 0.15) is 27.7 Å². The van der Waals surface area contributed by atoms with Crippen LogP contribution in [-0.4, -0.2) is 27.9 Å². The highest BCUT2D eigenvalue weighted by Gasteiger charge is 2.51. The number of nitrogens with zero attached hydrogens (tertiary/aromatic N) is 2. The normalized spacial score (nSPS) is 20.0. The van der Waals surface area contributed by atoms with Gasteiger partial charge in [-0.25, -0.2) is 4.98 Å². The van der Waals surface area contributed by atoms with Gasteiger partial charge in [0.15, 0.2) is 0 Å². The van der Waals surface area contributed by atoms with Crippen LogP contribution in [0.25, 0.3) is 11.3 Å². The van der Waals surface area contributed by atoms with Crippen molar-refractivity contribution in [3.63, 3.8) is 0 Å². The van der Waals surface area contributed by atoms with E-state index in [-0.39, 0.29) is 18.3 Å². The zero-order valence-electron chi connectivity index (χ0n) is 13.3. The molecule has 1 aromatic heterocycles. The van der Waals surface area contributed by atoms with Gasteiger partial charge in [0.2, 0.25) is 0 Å². The zero-order valence-corrected chi connectivity index (χ0v) is 13.3. The summed E-state index contributed by atoms with van der Waals surface area (Å²) in [5.41, 5.74) is 2.48. The Morgan fingerprint density at radius 3 is 2.05 bits per heavy atom. The van der Waals surface area contributed by atoms with Crippen LogP contribution in [-0.2, 0) is 16.4 Å². The Morgan fingerprint density at radius 2 is 1.57 bits per heavy atom. The molecule has 1 fully saturated rings. The van der Waals surface area contributed by atoms with Gasteiger partial charge in [-0.3, -0.25) is 0 Å². The van der Waals surface area contributed by atoms with E-state index in [0.717, 1.165) is 16.7 Å². The van der Waals surface area contributed by atoms with E-state index in [2.05, 4.69) is 44.8 Å². The second-order valence-electron chi connectivity index (χ2n) is 6.63. The summed E-state index contributed by atoms with van der Waals surface area (Å²) >= 11 is 0. The lowest BCUT2D eigenvalue weighted by atomic mass is 9.79. The summed E-state index contributed by atoms with van der Waals surface area (Å²) in [7, 11) is 1.66. The van der Waals surface area contributed by atoms with Gasteiger partial charge in [-0.1, -0.05) is 24.3 Å². The number of imidazole rings is 1. The zero-order chi connectivity index (χ0) is 15.3. The monoisotopic (exact) mass is 284 g/mol. The Kier molecular flexibility index (Phi) is 3.22. The van der Waals surface area contributed by atoms with Gasteiger partial charge in [0.25, 0.3) is 0 Å². The molecule has 0 unspecified atom stereocenters. The first-order valence-corrected chi connectivity index (χ1v) is 7.22. The van der Waals surface area contributed by atoms with Gasteiger partial charge in [-0.05, 0) is 33.2 Å². The van der Waals surface area contributed by atoms with E-state index in [1.807, 2.05) is 29.9 Å². The van der Waals surface area contributed by atoms with Crippen LogP contribution in [0.2, 0.25) is 0 Å². The van der Waals surface area contributed by atoms with Crippen LogP contribution in [0.4, 0.5) is 0 Å². The third kappa shape index (κ3) is 2.52. The van der Waals surface area contributed by atoms with E-state index < -0.39 is 0 Å². The summed E-state index contributed by atoms with van der Waals surface area (Å²) < 4.78 is 14.1. The van der Waals surface area contributed by atoms with Crippen molar-refractivity contribution >= 4 is 12.6 Å². The molecule has 0 amide bonds. The lowest BCUT2D eigenvalue weighted by Gasteiger charge is -2.32. The number of aryl methyl sites for hydroxylation is 1. The minimum atomic E-state index is -0.312. The Hall–Kier alpha value is -1.59. The third-order valence-corrected chi connectivity index (χ3v) is 4.44. The average Bonchev–Trinajstić information content (AvgIpc) is 2.92. The van der Waals surface area contributed by atoms with Crippen molar-refractivity contribution in [1.82, 2.24) is 9.55 Å². The highest BCUT2D eigenvalue weighted by Crippen LogP contribution is 2.36. The minimum absolute atomic E-state index is 0.308. The standard InChI is InChI=1S/C16H21BN2O2/c1-15(2)16(3,4)21-17(20-15)13-8-6-12(7-9-13)14-10-19(5)11-18-14/h6-11H,1-5H3. The SMILES string of the molecule is Cn1cnc(-c2ccc(B3OC(C)(C)C(C)(C)O3)cc2)c1. The van der Waals surface area contributed by atoms with Crippen molar-refractivity contribution in [2.24, 2.45) is 7.05 Å². The molecule has 5 heteroatoms.